The summed E-state index contributed by atoms with van der Waals surface area (Å²) in [7, 11) is 0. The maximum absolute atomic E-state index is 9.62. The lowest BCUT2D eigenvalue weighted by Crippen LogP contribution is -2.37. The summed E-state index contributed by atoms with van der Waals surface area (Å²) < 4.78 is 0. The van der Waals surface area contributed by atoms with Crippen molar-refractivity contribution in [2.24, 2.45) is 17.2 Å². The van der Waals surface area contributed by atoms with Crippen LogP contribution in [0.5, 0.6) is 0 Å². The Balaban J connectivity index is 0. The summed E-state index contributed by atoms with van der Waals surface area (Å²) >= 11 is 0. The van der Waals surface area contributed by atoms with Crippen molar-refractivity contribution in [2.45, 2.75) is 26.2 Å². The highest BCUT2D eigenvalue weighted by Crippen LogP contribution is 1.63. The Hall–Kier alpha value is -0.850. The Morgan fingerprint density at radius 3 is 1.64 bits per heavy atom. The fraction of sp³-hybridized carbons (Fsp3) is 0.800. The second kappa shape index (κ2) is 7.26. The highest BCUT2D eigenvalue weighted by Gasteiger charge is 1.94. The highest BCUT2D eigenvalue weighted by molar-refractivity contribution is 5.64. The van der Waals surface area contributed by atoms with Crippen molar-refractivity contribution in [1.29, 1.82) is 0 Å². The zero-order valence-electron chi connectivity index (χ0n) is 6.74. The van der Waals surface area contributed by atoms with Crippen LogP contribution in [0.15, 0.2) is 0 Å². The molecule has 0 fully saturated rings. The van der Waals surface area contributed by atoms with E-state index in [1.165, 1.54) is 0 Å². The van der Waals surface area contributed by atoms with E-state index in [1.54, 1.807) is 13.8 Å². The Labute approximate surface area is 65.7 Å². The van der Waals surface area contributed by atoms with Gasteiger partial charge in [0, 0.05) is 6.17 Å². The molecule has 0 rings (SSSR count). The molecular weight excluding hydrogens is 148 g/mol. The van der Waals surface area contributed by atoms with E-state index >= 15 is 0 Å². The quantitative estimate of drug-likeness (QED) is 0.311. The third-order valence-corrected chi connectivity index (χ3v) is 0.351. The monoisotopic (exact) mass is 164 g/mol. The standard InChI is InChI=1S/C3H8N2O2.C2H8N2/c1-2(4)5-3(6)7;1-2(3)4/h2,5H,4H2,1H3,(H,6,7);2H,3-4H2,1H3. The van der Waals surface area contributed by atoms with Crippen LogP contribution in [-0.2, 0) is 0 Å². The Kier molecular flexibility index (Phi) is 8.44. The zero-order chi connectivity index (χ0) is 9.44. The van der Waals surface area contributed by atoms with Gasteiger partial charge in [0.25, 0.3) is 0 Å². The summed E-state index contributed by atoms with van der Waals surface area (Å²) in [4.78, 5) is 9.62. The van der Waals surface area contributed by atoms with E-state index in [1.807, 2.05) is 5.32 Å². The van der Waals surface area contributed by atoms with Crippen molar-refractivity contribution < 1.29 is 9.90 Å². The number of rotatable bonds is 1. The van der Waals surface area contributed by atoms with Crippen LogP contribution in [0.1, 0.15) is 13.8 Å². The Morgan fingerprint density at radius 2 is 1.64 bits per heavy atom. The van der Waals surface area contributed by atoms with Crippen LogP contribution in [0, 0.1) is 0 Å². The summed E-state index contributed by atoms with van der Waals surface area (Å²) in [6.45, 7) is 3.27. The topological polar surface area (TPSA) is 127 Å². The highest BCUT2D eigenvalue weighted by atomic mass is 16.4. The Morgan fingerprint density at radius 1 is 1.36 bits per heavy atom. The minimum atomic E-state index is -1.09. The van der Waals surface area contributed by atoms with Crippen LogP contribution in [0.3, 0.4) is 0 Å². The molecule has 0 heterocycles. The van der Waals surface area contributed by atoms with E-state index in [0.29, 0.717) is 0 Å². The van der Waals surface area contributed by atoms with Gasteiger partial charge in [-0.1, -0.05) is 0 Å². The van der Waals surface area contributed by atoms with Crippen LogP contribution in [-0.4, -0.2) is 23.5 Å². The van der Waals surface area contributed by atoms with Gasteiger partial charge in [0.2, 0.25) is 0 Å². The predicted octanol–water partition coefficient (Wildman–Crippen LogP) is -1.19. The van der Waals surface area contributed by atoms with Gasteiger partial charge in [-0.05, 0) is 13.8 Å². The van der Waals surface area contributed by atoms with Gasteiger partial charge < -0.3 is 27.6 Å². The maximum atomic E-state index is 9.62. The second-order valence-corrected chi connectivity index (χ2v) is 2.10. The number of carboxylic acid groups (broad SMARTS) is 1. The first-order valence-corrected chi connectivity index (χ1v) is 3.12. The minimum absolute atomic E-state index is 0.167. The second-order valence-electron chi connectivity index (χ2n) is 2.10. The van der Waals surface area contributed by atoms with Crippen LogP contribution in [0.4, 0.5) is 4.79 Å². The summed E-state index contributed by atoms with van der Waals surface area (Å²) in [5.74, 6) is 0. The first kappa shape index (κ1) is 12.8. The molecule has 0 bridgehead atoms. The molecule has 0 spiro atoms. The molecule has 1 unspecified atom stereocenters. The van der Waals surface area contributed by atoms with Crippen LogP contribution in [0.2, 0.25) is 0 Å². The lowest BCUT2D eigenvalue weighted by Gasteiger charge is -2.00. The molecule has 68 valence electrons. The molecule has 0 aliphatic carbocycles. The third-order valence-electron chi connectivity index (χ3n) is 0.351. The van der Waals surface area contributed by atoms with Crippen molar-refractivity contribution in [2.75, 3.05) is 0 Å². The molecule has 6 nitrogen and oxygen atoms in total. The molecule has 0 radical (unpaired) electrons. The molecule has 1 atom stereocenters. The molecule has 0 aliphatic heterocycles. The average molecular weight is 164 g/mol. The normalized spacial score (nSPS) is 11.5. The summed E-state index contributed by atoms with van der Waals surface area (Å²) in [6, 6.07) is 0. The molecular formula is C5H16N4O2. The van der Waals surface area contributed by atoms with E-state index in [0.717, 1.165) is 0 Å². The smallest absolute Gasteiger partial charge is 0.405 e. The fourth-order valence-corrected chi connectivity index (χ4v) is 0.195. The van der Waals surface area contributed by atoms with Crippen molar-refractivity contribution in [3.63, 3.8) is 0 Å². The number of carbonyl (C=O) groups is 1. The molecule has 0 saturated carbocycles. The number of nitrogens with two attached hydrogens (primary N) is 3. The SMILES string of the molecule is CC(N)N.CC(N)NC(=O)O. The van der Waals surface area contributed by atoms with Gasteiger partial charge in [0.15, 0.2) is 0 Å². The molecule has 0 saturated heterocycles. The fourth-order valence-electron chi connectivity index (χ4n) is 0.195. The molecule has 0 aromatic carbocycles. The van der Waals surface area contributed by atoms with E-state index in [9.17, 15) is 4.79 Å². The first-order valence-electron chi connectivity index (χ1n) is 3.12. The average Bonchev–Trinajstić information content (AvgIpc) is 1.56. The molecule has 6 heteroatoms. The van der Waals surface area contributed by atoms with Gasteiger partial charge in [-0.25, -0.2) is 4.79 Å². The molecule has 0 aromatic heterocycles. The maximum Gasteiger partial charge on any atom is 0.405 e. The third kappa shape index (κ3) is 47.1. The summed E-state index contributed by atoms with van der Waals surface area (Å²) in [6.07, 6.45) is -1.73. The van der Waals surface area contributed by atoms with Crippen molar-refractivity contribution in [3.8, 4) is 0 Å². The summed E-state index contributed by atoms with van der Waals surface area (Å²) in [5.41, 5.74) is 14.8. The Bertz CT molecular complexity index is 102. The lowest BCUT2D eigenvalue weighted by molar-refractivity contribution is 0.191. The number of hydrogen-bond acceptors (Lipinski definition) is 4. The van der Waals surface area contributed by atoms with Crippen molar-refractivity contribution >= 4 is 6.09 Å². The summed E-state index contributed by atoms with van der Waals surface area (Å²) in [5, 5.41) is 9.89. The minimum Gasteiger partial charge on any atom is -0.465 e. The van der Waals surface area contributed by atoms with Crippen molar-refractivity contribution in [3.05, 3.63) is 0 Å². The van der Waals surface area contributed by atoms with Gasteiger partial charge in [-0.15, -0.1) is 0 Å². The van der Waals surface area contributed by atoms with Crippen LogP contribution < -0.4 is 22.5 Å². The van der Waals surface area contributed by atoms with E-state index in [4.69, 9.17) is 22.3 Å². The predicted molar refractivity (Wildman–Crippen MR) is 42.6 cm³/mol. The largest absolute Gasteiger partial charge is 0.465 e. The molecule has 0 aliphatic rings. The van der Waals surface area contributed by atoms with E-state index in [-0.39, 0.29) is 6.17 Å². The number of amides is 1. The van der Waals surface area contributed by atoms with Gasteiger partial charge in [-0.2, -0.15) is 0 Å². The number of nitrogens with one attached hydrogen (secondary N) is 1. The van der Waals surface area contributed by atoms with Crippen LogP contribution >= 0.6 is 0 Å². The zero-order valence-corrected chi connectivity index (χ0v) is 6.74. The molecule has 0 aromatic rings. The van der Waals surface area contributed by atoms with Gasteiger partial charge in [-0.3, -0.25) is 0 Å². The first-order chi connectivity index (χ1) is 4.86. The van der Waals surface area contributed by atoms with E-state index < -0.39 is 12.3 Å². The molecule has 11 heavy (non-hydrogen) atoms. The van der Waals surface area contributed by atoms with Crippen molar-refractivity contribution in [1.82, 2.24) is 5.32 Å². The van der Waals surface area contributed by atoms with Crippen LogP contribution in [0.25, 0.3) is 0 Å². The van der Waals surface area contributed by atoms with Gasteiger partial charge in [0.1, 0.15) is 0 Å². The molecule has 8 N–H and O–H groups in total. The lowest BCUT2D eigenvalue weighted by atomic mass is 10.6. The van der Waals surface area contributed by atoms with Gasteiger partial charge >= 0.3 is 6.09 Å². The van der Waals surface area contributed by atoms with Gasteiger partial charge in [0.05, 0.1) is 6.17 Å². The van der Waals surface area contributed by atoms with E-state index in [2.05, 4.69) is 0 Å². The molecule has 1 amide bonds. The number of hydrogen-bond donors (Lipinski definition) is 5.